The smallest absolute Gasteiger partial charge is 0.255 e. The summed E-state index contributed by atoms with van der Waals surface area (Å²) in [5, 5.41) is 2.78. The summed E-state index contributed by atoms with van der Waals surface area (Å²) >= 11 is 0. The summed E-state index contributed by atoms with van der Waals surface area (Å²) in [6.07, 6.45) is 0. The number of benzene rings is 2. The average Bonchev–Trinajstić information content (AvgIpc) is 2.79. The summed E-state index contributed by atoms with van der Waals surface area (Å²) in [7, 11) is -2.22. The second-order valence-corrected chi connectivity index (χ2v) is 8.71. The van der Waals surface area contributed by atoms with E-state index in [4.69, 9.17) is 14.2 Å². The zero-order chi connectivity index (χ0) is 23.7. The van der Waals surface area contributed by atoms with Crippen molar-refractivity contribution >= 4 is 21.6 Å². The monoisotopic (exact) mass is 464 g/mol. The zero-order valence-corrected chi connectivity index (χ0v) is 20.1. The molecule has 1 N–H and O–H groups in total. The summed E-state index contributed by atoms with van der Waals surface area (Å²) < 4.78 is 43.9. The van der Waals surface area contributed by atoms with Gasteiger partial charge in [0.2, 0.25) is 10.0 Å². The number of amides is 1. The van der Waals surface area contributed by atoms with Crippen LogP contribution < -0.4 is 14.8 Å². The first-order valence-corrected chi connectivity index (χ1v) is 12.1. The molecule has 0 aliphatic carbocycles. The SMILES string of the molecule is CCOCc1cc(C(=O)Nc2ccc(OCC)c(S(=O)(=O)N(CC)CC)c2)ccc1OC. The summed E-state index contributed by atoms with van der Waals surface area (Å²) in [6.45, 7) is 9.05. The van der Waals surface area contributed by atoms with Gasteiger partial charge in [-0.1, -0.05) is 13.8 Å². The van der Waals surface area contributed by atoms with E-state index in [-0.39, 0.29) is 16.6 Å². The van der Waals surface area contributed by atoms with Crippen LogP contribution in [0.5, 0.6) is 11.5 Å². The number of hydrogen-bond acceptors (Lipinski definition) is 6. The van der Waals surface area contributed by atoms with E-state index in [1.54, 1.807) is 58.2 Å². The first-order valence-electron chi connectivity index (χ1n) is 10.6. The van der Waals surface area contributed by atoms with Crippen LogP contribution in [0.1, 0.15) is 43.6 Å². The molecule has 9 heteroatoms. The predicted octanol–water partition coefficient (Wildman–Crippen LogP) is 3.91. The lowest BCUT2D eigenvalue weighted by molar-refractivity contribution is 0.102. The molecule has 2 aromatic carbocycles. The Hall–Kier alpha value is -2.62. The summed E-state index contributed by atoms with van der Waals surface area (Å²) in [4.78, 5) is 12.9. The number of nitrogens with one attached hydrogen (secondary N) is 1. The van der Waals surface area contributed by atoms with Gasteiger partial charge in [-0.2, -0.15) is 4.31 Å². The molecule has 0 heterocycles. The maximum absolute atomic E-state index is 13.1. The van der Waals surface area contributed by atoms with Crippen molar-refractivity contribution in [2.75, 3.05) is 38.7 Å². The number of carbonyl (C=O) groups is 1. The molecule has 0 aliphatic rings. The molecule has 0 saturated carbocycles. The van der Waals surface area contributed by atoms with Gasteiger partial charge in [0.05, 0.1) is 20.3 Å². The van der Waals surface area contributed by atoms with Crippen molar-refractivity contribution in [3.05, 3.63) is 47.5 Å². The first kappa shape index (κ1) is 25.6. The number of rotatable bonds is 12. The average molecular weight is 465 g/mol. The lowest BCUT2D eigenvalue weighted by atomic mass is 10.1. The molecule has 8 nitrogen and oxygen atoms in total. The Bertz CT molecular complexity index is 1020. The second-order valence-electron chi connectivity index (χ2n) is 6.80. The van der Waals surface area contributed by atoms with Crippen LogP contribution in [-0.4, -0.2) is 52.0 Å². The van der Waals surface area contributed by atoms with E-state index in [1.807, 2.05) is 6.92 Å². The van der Waals surface area contributed by atoms with Crippen LogP contribution in [0.2, 0.25) is 0 Å². The molecule has 0 saturated heterocycles. The molecule has 2 aromatic rings. The zero-order valence-electron chi connectivity index (χ0n) is 19.3. The standard InChI is InChI=1S/C23H32N2O6S/c1-6-25(7-2)32(27,28)22-15-19(11-13-21(22)31-9-4)24-23(26)17-10-12-20(29-5)18(14-17)16-30-8-3/h10-15H,6-9,16H2,1-5H3,(H,24,26). The molecule has 0 spiro atoms. The molecule has 0 bridgehead atoms. The van der Waals surface area contributed by atoms with Crippen LogP contribution in [0.15, 0.2) is 41.3 Å². The lowest BCUT2D eigenvalue weighted by Gasteiger charge is -2.21. The quantitative estimate of drug-likeness (QED) is 0.512. The molecule has 0 aromatic heterocycles. The number of sulfonamides is 1. The number of ether oxygens (including phenoxy) is 3. The Morgan fingerprint density at radius 3 is 2.25 bits per heavy atom. The second kappa shape index (κ2) is 11.8. The first-order chi connectivity index (χ1) is 15.3. The predicted molar refractivity (Wildman–Crippen MR) is 124 cm³/mol. The van der Waals surface area contributed by atoms with Gasteiger partial charge in [0.25, 0.3) is 5.91 Å². The fourth-order valence-corrected chi connectivity index (χ4v) is 4.83. The van der Waals surface area contributed by atoms with Crippen molar-refractivity contribution in [1.82, 2.24) is 4.31 Å². The normalized spacial score (nSPS) is 11.4. The Morgan fingerprint density at radius 1 is 0.969 bits per heavy atom. The van der Waals surface area contributed by atoms with Gasteiger partial charge in [-0.05, 0) is 50.2 Å². The van der Waals surface area contributed by atoms with E-state index in [9.17, 15) is 13.2 Å². The number of hydrogen-bond donors (Lipinski definition) is 1. The summed E-state index contributed by atoms with van der Waals surface area (Å²) in [5.74, 6) is 0.505. The van der Waals surface area contributed by atoms with Gasteiger partial charge in [-0.15, -0.1) is 0 Å². The highest BCUT2D eigenvalue weighted by Crippen LogP contribution is 2.30. The minimum absolute atomic E-state index is 0.0209. The van der Waals surface area contributed by atoms with Gasteiger partial charge < -0.3 is 19.5 Å². The fraction of sp³-hybridized carbons (Fsp3) is 0.435. The molecular formula is C23H32N2O6S. The van der Waals surface area contributed by atoms with Crippen LogP contribution in [-0.2, 0) is 21.4 Å². The van der Waals surface area contributed by atoms with E-state index >= 15 is 0 Å². The third-order valence-electron chi connectivity index (χ3n) is 4.83. The minimum atomic E-state index is -3.78. The third-order valence-corrected chi connectivity index (χ3v) is 6.90. The lowest BCUT2D eigenvalue weighted by Crippen LogP contribution is -2.31. The van der Waals surface area contributed by atoms with Crippen LogP contribution in [0.25, 0.3) is 0 Å². The van der Waals surface area contributed by atoms with Crippen molar-refractivity contribution in [3.63, 3.8) is 0 Å². The molecule has 0 fully saturated rings. The van der Waals surface area contributed by atoms with Crippen molar-refractivity contribution in [2.45, 2.75) is 39.2 Å². The van der Waals surface area contributed by atoms with Crippen LogP contribution in [0, 0.1) is 0 Å². The van der Waals surface area contributed by atoms with E-state index in [2.05, 4.69) is 5.32 Å². The molecule has 0 radical (unpaired) electrons. The molecule has 176 valence electrons. The Kier molecular flexibility index (Phi) is 9.49. The van der Waals surface area contributed by atoms with E-state index in [0.29, 0.717) is 49.9 Å². The van der Waals surface area contributed by atoms with Gasteiger partial charge in [0.1, 0.15) is 16.4 Å². The highest BCUT2D eigenvalue weighted by atomic mass is 32.2. The molecular weight excluding hydrogens is 432 g/mol. The largest absolute Gasteiger partial charge is 0.496 e. The van der Waals surface area contributed by atoms with Gasteiger partial charge >= 0.3 is 0 Å². The Labute approximate surface area is 190 Å². The Balaban J connectivity index is 2.38. The maximum Gasteiger partial charge on any atom is 0.255 e. The van der Waals surface area contributed by atoms with Gasteiger partial charge in [-0.3, -0.25) is 4.79 Å². The van der Waals surface area contributed by atoms with Crippen molar-refractivity contribution in [1.29, 1.82) is 0 Å². The van der Waals surface area contributed by atoms with Crippen LogP contribution in [0.4, 0.5) is 5.69 Å². The Morgan fingerprint density at radius 2 is 1.66 bits per heavy atom. The van der Waals surface area contributed by atoms with Crippen molar-refractivity contribution in [3.8, 4) is 11.5 Å². The van der Waals surface area contributed by atoms with E-state index in [0.717, 1.165) is 5.56 Å². The van der Waals surface area contributed by atoms with Crippen molar-refractivity contribution in [2.24, 2.45) is 0 Å². The van der Waals surface area contributed by atoms with E-state index in [1.165, 1.54) is 10.4 Å². The maximum atomic E-state index is 13.1. The molecule has 0 unspecified atom stereocenters. The van der Waals surface area contributed by atoms with E-state index < -0.39 is 10.0 Å². The fourth-order valence-electron chi connectivity index (χ4n) is 3.21. The topological polar surface area (TPSA) is 94.2 Å². The number of carbonyl (C=O) groups excluding carboxylic acids is 1. The van der Waals surface area contributed by atoms with Crippen LogP contribution >= 0.6 is 0 Å². The van der Waals surface area contributed by atoms with Gasteiger partial charge in [0.15, 0.2) is 0 Å². The molecule has 0 aliphatic heterocycles. The highest BCUT2D eigenvalue weighted by molar-refractivity contribution is 7.89. The summed E-state index contributed by atoms with van der Waals surface area (Å²) in [5.41, 5.74) is 1.51. The number of anilines is 1. The highest BCUT2D eigenvalue weighted by Gasteiger charge is 2.26. The molecule has 1 amide bonds. The molecule has 32 heavy (non-hydrogen) atoms. The van der Waals surface area contributed by atoms with Crippen molar-refractivity contribution < 1.29 is 27.4 Å². The third kappa shape index (κ3) is 5.99. The number of methoxy groups -OCH3 is 1. The molecule has 0 atom stereocenters. The summed E-state index contributed by atoms with van der Waals surface area (Å²) in [6, 6.07) is 9.66. The minimum Gasteiger partial charge on any atom is -0.496 e. The van der Waals surface area contributed by atoms with Gasteiger partial charge in [0, 0.05) is 36.5 Å². The number of nitrogens with zero attached hydrogens (tertiary/aromatic N) is 1. The van der Waals surface area contributed by atoms with Crippen LogP contribution in [0.3, 0.4) is 0 Å². The molecule has 2 rings (SSSR count). The van der Waals surface area contributed by atoms with Gasteiger partial charge in [-0.25, -0.2) is 8.42 Å².